The molecule has 0 aromatic heterocycles. The molecule has 6 fully saturated rings. The Bertz CT molecular complexity index is 1900. The minimum Gasteiger partial charge on any atom is -0.462 e. The zero-order chi connectivity index (χ0) is 42.9. The van der Waals surface area contributed by atoms with Crippen molar-refractivity contribution in [2.45, 2.75) is 143 Å². The van der Waals surface area contributed by atoms with Gasteiger partial charge in [-0.3, -0.25) is 24.1 Å². The van der Waals surface area contributed by atoms with Gasteiger partial charge in [-0.15, -0.1) is 0 Å². The van der Waals surface area contributed by atoms with Gasteiger partial charge in [0.2, 0.25) is 5.91 Å². The zero-order valence-electron chi connectivity index (χ0n) is 37.6. The van der Waals surface area contributed by atoms with Gasteiger partial charge < -0.3 is 24.9 Å². The molecule has 8 rings (SSSR count). The second-order valence-electron chi connectivity index (χ2n) is 21.7. The van der Waals surface area contributed by atoms with Crippen molar-refractivity contribution in [1.82, 2.24) is 15.5 Å². The average Bonchev–Trinajstić information content (AvgIpc) is 3.51. The fourth-order valence-electron chi connectivity index (χ4n) is 14.3. The van der Waals surface area contributed by atoms with Crippen molar-refractivity contribution in [1.29, 1.82) is 0 Å². The van der Waals surface area contributed by atoms with Gasteiger partial charge in [0.15, 0.2) is 5.78 Å². The summed E-state index contributed by atoms with van der Waals surface area (Å²) in [6.07, 6.45) is 9.64. The smallest absolute Gasteiger partial charge is 0.309 e. The number of nitrogens with one attached hydrogen (secondary N) is 2. The van der Waals surface area contributed by atoms with E-state index in [2.05, 4.69) is 50.2 Å². The number of allylic oxidation sites excluding steroid dienone is 1. The van der Waals surface area contributed by atoms with E-state index in [1.54, 1.807) is 13.8 Å². The third-order valence-corrected chi connectivity index (χ3v) is 17.8. The number of aldehydes is 1. The number of morpholine rings is 1. The highest BCUT2D eigenvalue weighted by Gasteiger charge is 2.65. The van der Waals surface area contributed by atoms with Crippen molar-refractivity contribution in [2.24, 2.45) is 64.1 Å². The molecule has 1 heterocycles. The maximum Gasteiger partial charge on any atom is 0.309 e. The van der Waals surface area contributed by atoms with Gasteiger partial charge in [-0.2, -0.15) is 0 Å². The van der Waals surface area contributed by atoms with E-state index < -0.39 is 11.1 Å². The molecule has 1 saturated heterocycles. The first-order valence-corrected chi connectivity index (χ1v) is 23.4. The number of amides is 2. The molecule has 328 valence electrons. The number of rotatable bonds is 10. The van der Waals surface area contributed by atoms with E-state index in [-0.39, 0.29) is 82.4 Å². The standard InChI is InChI=1S/C50H71N3O7/c1-29(2)42-39(55)26-50(52-46(58)47(5,6)51-44(56)33-11-9-32(10-12-33)27-53-21-23-59-24-22-53)20-16-38-35(43(42)50)13-14-41-48(7)19-17-40(31(4)37(48)15-18-49(38,41)8)60-45(57)36-25-34(28-54)30(36)3/h9-12,28-31,34-38,40-41H,13-27H2,1-8H3,(H,51,56)(H,52,58). The highest BCUT2D eigenvalue weighted by molar-refractivity contribution is 6.03. The number of benzene rings is 1. The molecular formula is C50H71N3O7. The maximum atomic E-state index is 14.5. The van der Waals surface area contributed by atoms with Crippen LogP contribution in [0.1, 0.15) is 136 Å². The number of fused-ring (bicyclic) bond motifs is 7. The van der Waals surface area contributed by atoms with Crippen LogP contribution in [0.25, 0.3) is 0 Å². The van der Waals surface area contributed by atoms with E-state index in [1.807, 2.05) is 31.2 Å². The molecule has 6 aliphatic carbocycles. The van der Waals surface area contributed by atoms with Crippen LogP contribution in [0.15, 0.2) is 35.4 Å². The Labute approximate surface area is 358 Å². The Morgan fingerprint density at radius 2 is 1.60 bits per heavy atom. The highest BCUT2D eigenvalue weighted by atomic mass is 16.5. The normalized spacial score (nSPS) is 39.1. The predicted molar refractivity (Wildman–Crippen MR) is 229 cm³/mol. The minimum absolute atomic E-state index is 0.0308. The van der Waals surface area contributed by atoms with Gasteiger partial charge in [-0.05, 0) is 153 Å². The Morgan fingerprint density at radius 1 is 0.933 bits per heavy atom. The Morgan fingerprint density at radius 3 is 2.27 bits per heavy atom. The summed E-state index contributed by atoms with van der Waals surface area (Å²) in [6, 6.07) is 7.63. The summed E-state index contributed by atoms with van der Waals surface area (Å²) >= 11 is 0. The molecule has 12 atom stereocenters. The SMILES string of the molecule is CC(C)C1=C2C3CCC4C(C)(CCC5C(C)C(OC(=O)C6CC(C=O)C6C)CCC54C)C3CCC2(NC(=O)C(C)(C)NC(=O)c2ccc(CN3CCOCC3)cc2)CC1=O. The van der Waals surface area contributed by atoms with Gasteiger partial charge in [-0.25, -0.2) is 0 Å². The van der Waals surface area contributed by atoms with E-state index in [4.69, 9.17) is 9.47 Å². The minimum atomic E-state index is -1.21. The monoisotopic (exact) mass is 826 g/mol. The van der Waals surface area contributed by atoms with Gasteiger partial charge in [0.1, 0.15) is 17.9 Å². The number of hydrogen-bond acceptors (Lipinski definition) is 8. The van der Waals surface area contributed by atoms with Gasteiger partial charge in [-0.1, -0.05) is 53.7 Å². The van der Waals surface area contributed by atoms with E-state index in [1.165, 1.54) is 5.57 Å². The Hall–Kier alpha value is -3.37. The van der Waals surface area contributed by atoms with Crippen molar-refractivity contribution in [2.75, 3.05) is 26.3 Å². The molecule has 1 aromatic rings. The lowest BCUT2D eigenvalue weighted by molar-refractivity contribution is -0.195. The fraction of sp³-hybridized carbons (Fsp3) is 0.740. The van der Waals surface area contributed by atoms with E-state index in [0.29, 0.717) is 36.2 Å². The van der Waals surface area contributed by atoms with Crippen LogP contribution < -0.4 is 10.6 Å². The van der Waals surface area contributed by atoms with Gasteiger partial charge in [0, 0.05) is 37.5 Å². The average molecular weight is 826 g/mol. The fourth-order valence-corrected chi connectivity index (χ4v) is 14.3. The molecule has 0 bridgehead atoms. The van der Waals surface area contributed by atoms with Crippen LogP contribution in [0, 0.1) is 64.1 Å². The number of ketones is 1. The zero-order valence-corrected chi connectivity index (χ0v) is 37.6. The number of Topliss-reactive ketones (excluding diaryl/α,β-unsaturated/α-hetero) is 1. The Kier molecular flexibility index (Phi) is 11.6. The number of carbonyl (C=O) groups is 5. The lowest BCUT2D eigenvalue weighted by atomic mass is 9.38. The van der Waals surface area contributed by atoms with Crippen molar-refractivity contribution < 1.29 is 33.4 Å². The summed E-state index contributed by atoms with van der Waals surface area (Å²) in [7, 11) is 0. The predicted octanol–water partition coefficient (Wildman–Crippen LogP) is 7.48. The molecule has 1 aromatic carbocycles. The summed E-state index contributed by atoms with van der Waals surface area (Å²) in [5.41, 5.74) is 2.00. The summed E-state index contributed by atoms with van der Waals surface area (Å²) < 4.78 is 11.8. The summed E-state index contributed by atoms with van der Waals surface area (Å²) in [5, 5.41) is 6.51. The van der Waals surface area contributed by atoms with Gasteiger partial charge in [0.25, 0.3) is 5.91 Å². The third kappa shape index (κ3) is 7.31. The topological polar surface area (TPSA) is 131 Å². The van der Waals surface area contributed by atoms with Crippen LogP contribution in [-0.2, 0) is 35.2 Å². The van der Waals surface area contributed by atoms with E-state index in [0.717, 1.165) is 95.2 Å². The largest absolute Gasteiger partial charge is 0.462 e. The number of hydrogen-bond donors (Lipinski definition) is 2. The van der Waals surface area contributed by atoms with Crippen LogP contribution in [-0.4, -0.2) is 78.2 Å². The van der Waals surface area contributed by atoms with E-state index in [9.17, 15) is 24.0 Å². The third-order valence-electron chi connectivity index (χ3n) is 17.8. The molecule has 60 heavy (non-hydrogen) atoms. The number of nitrogens with zero attached hydrogens (tertiary/aromatic N) is 1. The molecule has 0 spiro atoms. The summed E-state index contributed by atoms with van der Waals surface area (Å²) in [5.74, 6) is 1.27. The van der Waals surface area contributed by atoms with Gasteiger partial charge >= 0.3 is 5.97 Å². The first kappa shape index (κ1) is 43.3. The number of carbonyl (C=O) groups excluding carboxylic acids is 5. The second kappa shape index (κ2) is 16.1. The first-order valence-electron chi connectivity index (χ1n) is 23.4. The second-order valence-corrected chi connectivity index (χ2v) is 21.7. The highest BCUT2D eigenvalue weighted by Crippen LogP contribution is 2.70. The molecule has 2 amide bonds. The lowest BCUT2D eigenvalue weighted by Gasteiger charge is -2.67. The van der Waals surface area contributed by atoms with Crippen LogP contribution in [0.5, 0.6) is 0 Å². The molecule has 7 aliphatic rings. The van der Waals surface area contributed by atoms with Gasteiger partial charge in [0.05, 0.1) is 24.7 Å². The lowest BCUT2D eigenvalue weighted by Crippen LogP contribution is -2.65. The first-order chi connectivity index (χ1) is 28.4. The summed E-state index contributed by atoms with van der Waals surface area (Å²) in [6.45, 7) is 21.2. The number of ether oxygens (including phenoxy) is 2. The molecule has 5 saturated carbocycles. The molecular weight excluding hydrogens is 755 g/mol. The molecule has 2 N–H and O–H groups in total. The quantitative estimate of drug-likeness (QED) is 0.184. The van der Waals surface area contributed by atoms with Crippen molar-refractivity contribution in [3.63, 3.8) is 0 Å². The molecule has 0 radical (unpaired) electrons. The maximum absolute atomic E-state index is 14.5. The van der Waals surface area contributed by atoms with Crippen LogP contribution in [0.4, 0.5) is 0 Å². The van der Waals surface area contributed by atoms with Crippen molar-refractivity contribution in [3.8, 4) is 0 Å². The Balaban J connectivity index is 0.965. The molecule has 12 unspecified atom stereocenters. The van der Waals surface area contributed by atoms with Crippen LogP contribution in [0.2, 0.25) is 0 Å². The molecule has 10 heteroatoms. The number of esters is 1. The summed E-state index contributed by atoms with van der Waals surface area (Å²) in [4.78, 5) is 69.2. The molecule has 10 nitrogen and oxygen atoms in total. The molecule has 1 aliphatic heterocycles. The van der Waals surface area contributed by atoms with Crippen LogP contribution >= 0.6 is 0 Å². The van der Waals surface area contributed by atoms with Crippen molar-refractivity contribution in [3.05, 3.63) is 46.5 Å². The van der Waals surface area contributed by atoms with Crippen molar-refractivity contribution >= 4 is 29.9 Å². The van der Waals surface area contributed by atoms with Crippen LogP contribution in [0.3, 0.4) is 0 Å². The van der Waals surface area contributed by atoms with E-state index >= 15 is 0 Å².